The lowest BCUT2D eigenvalue weighted by Crippen LogP contribution is -2.42. The third-order valence-electron chi connectivity index (χ3n) is 4.19. The van der Waals surface area contributed by atoms with Crippen molar-refractivity contribution in [3.63, 3.8) is 0 Å². The van der Waals surface area contributed by atoms with Crippen molar-refractivity contribution in [2.75, 3.05) is 26.8 Å². The van der Waals surface area contributed by atoms with E-state index in [-0.39, 0.29) is 24.4 Å². The lowest BCUT2D eigenvalue weighted by molar-refractivity contribution is 0.0714. The second-order valence-electron chi connectivity index (χ2n) is 6.53. The van der Waals surface area contributed by atoms with Crippen molar-refractivity contribution in [1.29, 1.82) is 0 Å². The minimum Gasteiger partial charge on any atom is -0.493 e. The highest BCUT2D eigenvalue weighted by atomic mass is 35.5. The minimum atomic E-state index is 0. The number of hydrogen-bond donors (Lipinski definition) is 1. The normalized spacial score (nSPS) is 15.1. The van der Waals surface area contributed by atoms with E-state index in [0.717, 1.165) is 32.4 Å². The maximum atomic E-state index is 12.6. The van der Waals surface area contributed by atoms with Gasteiger partial charge >= 0.3 is 0 Å². The number of nitrogens with zero attached hydrogens (tertiary/aromatic N) is 1. The van der Waals surface area contributed by atoms with Crippen LogP contribution in [0.25, 0.3) is 0 Å². The Morgan fingerprint density at radius 1 is 1.29 bits per heavy atom. The van der Waals surface area contributed by atoms with Gasteiger partial charge in [0.25, 0.3) is 5.91 Å². The molecule has 1 aliphatic heterocycles. The zero-order chi connectivity index (χ0) is 16.8. The van der Waals surface area contributed by atoms with Gasteiger partial charge < -0.3 is 20.1 Å². The standard InChI is InChI=1S/C18H28N2O3.ClH/c1-13(2)8-11-23-16-5-4-14(12-17(16)22-3)18(21)20-9-6-15(19)7-10-20;/h4-5,12-13,15H,6-11,19H2,1-3H3;1H. The molecule has 6 heteroatoms. The molecule has 1 aliphatic rings. The van der Waals surface area contributed by atoms with Crippen molar-refractivity contribution >= 4 is 18.3 Å². The Bertz CT molecular complexity index is 529. The summed E-state index contributed by atoms with van der Waals surface area (Å²) in [6, 6.07) is 5.61. The highest BCUT2D eigenvalue weighted by molar-refractivity contribution is 5.95. The van der Waals surface area contributed by atoms with E-state index in [4.69, 9.17) is 15.2 Å². The minimum absolute atomic E-state index is 0. The third-order valence-corrected chi connectivity index (χ3v) is 4.19. The number of methoxy groups -OCH3 is 1. The number of likely N-dealkylation sites (tertiary alicyclic amines) is 1. The monoisotopic (exact) mass is 356 g/mol. The number of nitrogens with two attached hydrogens (primary N) is 1. The summed E-state index contributed by atoms with van der Waals surface area (Å²) < 4.78 is 11.1. The number of ether oxygens (including phenoxy) is 2. The van der Waals surface area contributed by atoms with Crippen LogP contribution in [0, 0.1) is 5.92 Å². The highest BCUT2D eigenvalue weighted by Gasteiger charge is 2.22. The van der Waals surface area contributed by atoms with E-state index in [1.807, 2.05) is 17.0 Å². The maximum absolute atomic E-state index is 12.6. The van der Waals surface area contributed by atoms with Crippen LogP contribution in [0.1, 0.15) is 43.5 Å². The molecular weight excluding hydrogens is 328 g/mol. The van der Waals surface area contributed by atoms with Crippen LogP contribution in [-0.4, -0.2) is 43.7 Å². The molecule has 1 aromatic rings. The summed E-state index contributed by atoms with van der Waals surface area (Å²) in [5.41, 5.74) is 6.53. The Kier molecular flexibility index (Phi) is 8.36. The quantitative estimate of drug-likeness (QED) is 0.850. The van der Waals surface area contributed by atoms with E-state index in [1.54, 1.807) is 13.2 Å². The van der Waals surface area contributed by atoms with Crippen molar-refractivity contribution in [2.24, 2.45) is 11.7 Å². The molecule has 1 heterocycles. The molecule has 1 saturated heterocycles. The van der Waals surface area contributed by atoms with Gasteiger partial charge in [-0.05, 0) is 43.4 Å². The van der Waals surface area contributed by atoms with E-state index in [0.29, 0.717) is 29.6 Å². The summed E-state index contributed by atoms with van der Waals surface area (Å²) >= 11 is 0. The van der Waals surface area contributed by atoms with Crippen LogP contribution in [0.2, 0.25) is 0 Å². The Balaban J connectivity index is 0.00000288. The Morgan fingerprint density at radius 3 is 2.54 bits per heavy atom. The first-order valence-electron chi connectivity index (χ1n) is 8.37. The summed E-state index contributed by atoms with van der Waals surface area (Å²) in [6.07, 6.45) is 2.70. The van der Waals surface area contributed by atoms with Gasteiger partial charge in [-0.15, -0.1) is 12.4 Å². The predicted molar refractivity (Wildman–Crippen MR) is 98.3 cm³/mol. The van der Waals surface area contributed by atoms with E-state index >= 15 is 0 Å². The van der Waals surface area contributed by atoms with Crippen LogP contribution in [-0.2, 0) is 0 Å². The average molecular weight is 357 g/mol. The Morgan fingerprint density at radius 2 is 1.96 bits per heavy atom. The van der Waals surface area contributed by atoms with Crippen LogP contribution in [0.15, 0.2) is 18.2 Å². The molecule has 0 aromatic heterocycles. The molecule has 1 fully saturated rings. The van der Waals surface area contributed by atoms with Gasteiger partial charge in [-0.2, -0.15) is 0 Å². The fourth-order valence-corrected chi connectivity index (χ4v) is 2.61. The molecule has 0 aliphatic carbocycles. The van der Waals surface area contributed by atoms with Gasteiger partial charge in [0.1, 0.15) is 0 Å². The fourth-order valence-electron chi connectivity index (χ4n) is 2.61. The second-order valence-corrected chi connectivity index (χ2v) is 6.53. The molecule has 2 rings (SSSR count). The zero-order valence-corrected chi connectivity index (χ0v) is 15.6. The molecule has 1 aromatic carbocycles. The van der Waals surface area contributed by atoms with Crippen LogP contribution in [0.3, 0.4) is 0 Å². The molecule has 0 atom stereocenters. The van der Waals surface area contributed by atoms with Crippen molar-refractivity contribution < 1.29 is 14.3 Å². The van der Waals surface area contributed by atoms with Gasteiger partial charge in [-0.3, -0.25) is 4.79 Å². The lowest BCUT2D eigenvalue weighted by atomic mass is 10.0. The number of benzene rings is 1. The summed E-state index contributed by atoms with van der Waals surface area (Å²) in [5, 5.41) is 0. The Hall–Kier alpha value is -1.46. The molecule has 0 bridgehead atoms. The van der Waals surface area contributed by atoms with Gasteiger partial charge in [0.05, 0.1) is 13.7 Å². The number of rotatable bonds is 6. The van der Waals surface area contributed by atoms with Crippen LogP contribution in [0.4, 0.5) is 0 Å². The fraction of sp³-hybridized carbons (Fsp3) is 0.611. The molecule has 136 valence electrons. The maximum Gasteiger partial charge on any atom is 0.253 e. The predicted octanol–water partition coefficient (Wildman–Crippen LogP) is 3.11. The number of carbonyl (C=O) groups is 1. The summed E-state index contributed by atoms with van der Waals surface area (Å²) in [5.74, 6) is 1.91. The molecular formula is C18H29ClN2O3. The van der Waals surface area contributed by atoms with Crippen LogP contribution < -0.4 is 15.2 Å². The highest BCUT2D eigenvalue weighted by Crippen LogP contribution is 2.29. The number of amides is 1. The number of hydrogen-bond acceptors (Lipinski definition) is 4. The first-order chi connectivity index (χ1) is 11.0. The summed E-state index contributed by atoms with van der Waals surface area (Å²) in [6.45, 7) is 6.40. The van der Waals surface area contributed by atoms with Crippen LogP contribution >= 0.6 is 12.4 Å². The second kappa shape index (κ2) is 9.74. The first-order valence-corrected chi connectivity index (χ1v) is 8.37. The van der Waals surface area contributed by atoms with E-state index in [1.165, 1.54) is 0 Å². The smallest absolute Gasteiger partial charge is 0.253 e. The Labute approximate surface area is 150 Å². The van der Waals surface area contributed by atoms with Gasteiger partial charge in [0, 0.05) is 24.7 Å². The van der Waals surface area contributed by atoms with Gasteiger partial charge in [-0.1, -0.05) is 13.8 Å². The molecule has 1 amide bonds. The van der Waals surface area contributed by atoms with E-state index in [2.05, 4.69) is 13.8 Å². The first kappa shape index (κ1) is 20.6. The molecule has 0 radical (unpaired) electrons. The van der Waals surface area contributed by atoms with Crippen molar-refractivity contribution in [2.45, 2.75) is 39.2 Å². The largest absolute Gasteiger partial charge is 0.493 e. The number of piperidine rings is 1. The van der Waals surface area contributed by atoms with Crippen molar-refractivity contribution in [3.05, 3.63) is 23.8 Å². The van der Waals surface area contributed by atoms with Gasteiger partial charge in [-0.25, -0.2) is 0 Å². The van der Waals surface area contributed by atoms with Crippen molar-refractivity contribution in [1.82, 2.24) is 4.90 Å². The average Bonchev–Trinajstić information content (AvgIpc) is 2.54. The van der Waals surface area contributed by atoms with Crippen LogP contribution in [0.5, 0.6) is 11.5 Å². The topological polar surface area (TPSA) is 64.8 Å². The molecule has 24 heavy (non-hydrogen) atoms. The molecule has 0 spiro atoms. The molecule has 2 N–H and O–H groups in total. The van der Waals surface area contributed by atoms with E-state index in [9.17, 15) is 4.79 Å². The zero-order valence-electron chi connectivity index (χ0n) is 14.8. The molecule has 0 unspecified atom stereocenters. The summed E-state index contributed by atoms with van der Waals surface area (Å²) in [7, 11) is 1.60. The van der Waals surface area contributed by atoms with Crippen molar-refractivity contribution in [3.8, 4) is 11.5 Å². The van der Waals surface area contributed by atoms with Gasteiger partial charge in [0.15, 0.2) is 11.5 Å². The third kappa shape index (κ3) is 5.56. The number of halogens is 1. The number of carbonyl (C=O) groups excluding carboxylic acids is 1. The SMILES string of the molecule is COc1cc(C(=O)N2CCC(N)CC2)ccc1OCCC(C)C.Cl. The molecule has 0 saturated carbocycles. The van der Waals surface area contributed by atoms with E-state index < -0.39 is 0 Å². The summed E-state index contributed by atoms with van der Waals surface area (Å²) in [4.78, 5) is 14.4. The molecule has 5 nitrogen and oxygen atoms in total. The lowest BCUT2D eigenvalue weighted by Gasteiger charge is -2.30. The van der Waals surface area contributed by atoms with Gasteiger partial charge in [0.2, 0.25) is 0 Å².